The molecule has 1 aromatic rings. The number of sulfonamides is 1. The lowest BCUT2D eigenvalue weighted by atomic mass is 10.3. The van der Waals surface area contributed by atoms with Gasteiger partial charge in [-0.1, -0.05) is 19.8 Å². The Hall–Kier alpha value is -0.430. The van der Waals surface area contributed by atoms with E-state index in [1.165, 1.54) is 24.2 Å². The van der Waals surface area contributed by atoms with Crippen LogP contribution in [-0.4, -0.2) is 21.5 Å². The third-order valence-corrected chi connectivity index (χ3v) is 5.67. The topological polar surface area (TPSA) is 58.2 Å². The molecule has 0 amide bonds. The molecule has 6 heteroatoms. The Bertz CT molecular complexity index is 478. The van der Waals surface area contributed by atoms with Gasteiger partial charge in [0.1, 0.15) is 0 Å². The van der Waals surface area contributed by atoms with Crippen molar-refractivity contribution in [3.8, 4) is 0 Å². The van der Waals surface area contributed by atoms with E-state index in [1.54, 1.807) is 6.07 Å². The summed E-state index contributed by atoms with van der Waals surface area (Å²) in [6.07, 6.45) is 3.48. The number of rotatable bonds is 8. The highest BCUT2D eigenvalue weighted by Crippen LogP contribution is 2.32. The lowest BCUT2D eigenvalue weighted by Crippen LogP contribution is -2.26. The molecule has 0 aromatic carbocycles. The van der Waals surface area contributed by atoms with Crippen LogP contribution in [0.5, 0.6) is 0 Å². The van der Waals surface area contributed by atoms with Gasteiger partial charge < -0.3 is 5.32 Å². The van der Waals surface area contributed by atoms with Crippen LogP contribution in [0.25, 0.3) is 0 Å². The third-order valence-electron chi connectivity index (χ3n) is 3.07. The van der Waals surface area contributed by atoms with E-state index < -0.39 is 10.0 Å². The minimum atomic E-state index is -3.33. The van der Waals surface area contributed by atoms with Crippen LogP contribution in [0.4, 0.5) is 0 Å². The van der Waals surface area contributed by atoms with Gasteiger partial charge in [-0.2, -0.15) is 0 Å². The third kappa shape index (κ3) is 3.78. The molecule has 1 heterocycles. The number of hydrogen-bond acceptors (Lipinski definition) is 4. The van der Waals surface area contributed by atoms with Crippen LogP contribution in [0.15, 0.2) is 16.3 Å². The Morgan fingerprint density at radius 2 is 2.22 bits per heavy atom. The molecular weight excluding hydrogens is 268 g/mol. The summed E-state index contributed by atoms with van der Waals surface area (Å²) in [5.41, 5.74) is 0. The zero-order valence-corrected chi connectivity index (χ0v) is 12.2. The summed E-state index contributed by atoms with van der Waals surface area (Å²) < 4.78 is 27.0. The Morgan fingerprint density at radius 3 is 2.89 bits per heavy atom. The molecule has 2 N–H and O–H groups in total. The van der Waals surface area contributed by atoms with Gasteiger partial charge in [0.2, 0.25) is 10.0 Å². The van der Waals surface area contributed by atoms with Gasteiger partial charge in [0.25, 0.3) is 0 Å². The van der Waals surface area contributed by atoms with Gasteiger partial charge in [0.05, 0.1) is 4.90 Å². The molecule has 102 valence electrons. The monoisotopic (exact) mass is 288 g/mol. The molecule has 4 nitrogen and oxygen atoms in total. The van der Waals surface area contributed by atoms with E-state index in [4.69, 9.17) is 0 Å². The SMILES string of the molecule is CCNCc1sccc1S(=O)(=O)NCCC1CC1. The molecule has 0 radical (unpaired) electrons. The van der Waals surface area contributed by atoms with E-state index in [0.29, 0.717) is 18.0 Å². The molecule has 2 rings (SSSR count). The predicted molar refractivity (Wildman–Crippen MR) is 74.2 cm³/mol. The van der Waals surface area contributed by atoms with Crippen LogP contribution in [0.1, 0.15) is 31.1 Å². The predicted octanol–water partition coefficient (Wildman–Crippen LogP) is 1.94. The molecule has 0 spiro atoms. The Morgan fingerprint density at radius 1 is 1.44 bits per heavy atom. The molecule has 1 aromatic heterocycles. The fourth-order valence-electron chi connectivity index (χ4n) is 1.82. The summed E-state index contributed by atoms with van der Waals surface area (Å²) in [7, 11) is -3.33. The van der Waals surface area contributed by atoms with Crippen molar-refractivity contribution in [1.82, 2.24) is 10.0 Å². The maximum Gasteiger partial charge on any atom is 0.241 e. The Labute approximate surface area is 113 Å². The quantitative estimate of drug-likeness (QED) is 0.768. The minimum absolute atomic E-state index is 0.434. The van der Waals surface area contributed by atoms with Crippen molar-refractivity contribution in [3.05, 3.63) is 16.3 Å². The van der Waals surface area contributed by atoms with Crippen molar-refractivity contribution >= 4 is 21.4 Å². The molecule has 0 bridgehead atoms. The van der Waals surface area contributed by atoms with Crippen molar-refractivity contribution in [1.29, 1.82) is 0 Å². The second kappa shape index (κ2) is 6.14. The second-order valence-corrected chi connectivity index (χ2v) is 7.35. The van der Waals surface area contributed by atoms with Gasteiger partial charge in [-0.3, -0.25) is 0 Å². The van der Waals surface area contributed by atoms with Gasteiger partial charge in [0, 0.05) is 18.0 Å². The maximum atomic E-state index is 12.1. The summed E-state index contributed by atoms with van der Waals surface area (Å²) in [6.45, 7) is 4.03. The number of thiophene rings is 1. The van der Waals surface area contributed by atoms with Crippen LogP contribution in [0, 0.1) is 5.92 Å². The van der Waals surface area contributed by atoms with Crippen LogP contribution >= 0.6 is 11.3 Å². The van der Waals surface area contributed by atoms with Crippen molar-refractivity contribution in [2.75, 3.05) is 13.1 Å². The summed E-state index contributed by atoms with van der Waals surface area (Å²) in [6, 6.07) is 1.69. The molecule has 18 heavy (non-hydrogen) atoms. The van der Waals surface area contributed by atoms with Gasteiger partial charge in [0.15, 0.2) is 0 Å². The minimum Gasteiger partial charge on any atom is -0.312 e. The molecule has 1 aliphatic carbocycles. The standard InChI is InChI=1S/C12H20N2O2S2/c1-2-13-9-11-12(6-8-17-11)18(15,16)14-7-5-10-3-4-10/h6,8,10,13-14H,2-5,7,9H2,1H3. The molecule has 0 aliphatic heterocycles. The van der Waals surface area contributed by atoms with Crippen molar-refractivity contribution in [3.63, 3.8) is 0 Å². The van der Waals surface area contributed by atoms with E-state index in [-0.39, 0.29) is 0 Å². The van der Waals surface area contributed by atoms with Gasteiger partial charge in [-0.15, -0.1) is 11.3 Å². The fourth-order valence-corrected chi connectivity index (χ4v) is 4.28. The molecule has 0 atom stereocenters. The molecule has 0 saturated heterocycles. The average Bonchev–Trinajstić information content (AvgIpc) is 3.02. The summed E-state index contributed by atoms with van der Waals surface area (Å²) in [4.78, 5) is 1.32. The zero-order valence-electron chi connectivity index (χ0n) is 10.6. The molecule has 0 unspecified atom stereocenters. The number of nitrogens with one attached hydrogen (secondary N) is 2. The van der Waals surface area contributed by atoms with E-state index in [1.807, 2.05) is 12.3 Å². The first-order valence-corrected chi connectivity index (χ1v) is 8.76. The normalized spacial score (nSPS) is 16.1. The fraction of sp³-hybridized carbons (Fsp3) is 0.667. The van der Waals surface area contributed by atoms with E-state index in [2.05, 4.69) is 10.0 Å². The van der Waals surface area contributed by atoms with Gasteiger partial charge in [-0.05, 0) is 30.3 Å². The first kappa shape index (κ1) is 14.0. The van der Waals surface area contributed by atoms with Crippen LogP contribution in [-0.2, 0) is 16.6 Å². The van der Waals surface area contributed by atoms with E-state index in [9.17, 15) is 8.42 Å². The Balaban J connectivity index is 1.96. The number of hydrogen-bond donors (Lipinski definition) is 2. The highest BCUT2D eigenvalue weighted by atomic mass is 32.2. The highest BCUT2D eigenvalue weighted by Gasteiger charge is 2.23. The van der Waals surface area contributed by atoms with Crippen LogP contribution < -0.4 is 10.0 Å². The van der Waals surface area contributed by atoms with Crippen molar-refractivity contribution in [2.45, 2.75) is 37.6 Å². The highest BCUT2D eigenvalue weighted by molar-refractivity contribution is 7.89. The molecule has 1 aliphatic rings. The van der Waals surface area contributed by atoms with Gasteiger partial charge >= 0.3 is 0 Å². The first-order valence-electron chi connectivity index (χ1n) is 6.40. The average molecular weight is 288 g/mol. The molecular formula is C12H20N2O2S2. The van der Waals surface area contributed by atoms with Crippen LogP contribution in [0.2, 0.25) is 0 Å². The lowest BCUT2D eigenvalue weighted by molar-refractivity contribution is 0.574. The van der Waals surface area contributed by atoms with Gasteiger partial charge in [-0.25, -0.2) is 13.1 Å². The van der Waals surface area contributed by atoms with E-state index in [0.717, 1.165) is 23.8 Å². The van der Waals surface area contributed by atoms with Crippen molar-refractivity contribution < 1.29 is 8.42 Å². The first-order chi connectivity index (χ1) is 8.63. The molecule has 1 saturated carbocycles. The maximum absolute atomic E-state index is 12.1. The summed E-state index contributed by atoms with van der Waals surface area (Å²) in [5.74, 6) is 0.747. The Kier molecular flexibility index (Phi) is 4.77. The zero-order chi connectivity index (χ0) is 13.0. The summed E-state index contributed by atoms with van der Waals surface area (Å²) in [5, 5.41) is 5.00. The van der Waals surface area contributed by atoms with Crippen molar-refractivity contribution in [2.24, 2.45) is 5.92 Å². The smallest absolute Gasteiger partial charge is 0.241 e. The van der Waals surface area contributed by atoms with E-state index >= 15 is 0 Å². The summed E-state index contributed by atoms with van der Waals surface area (Å²) >= 11 is 1.49. The second-order valence-electron chi connectivity index (χ2n) is 4.62. The lowest BCUT2D eigenvalue weighted by Gasteiger charge is -2.07. The molecule has 1 fully saturated rings. The largest absolute Gasteiger partial charge is 0.312 e. The van der Waals surface area contributed by atoms with Crippen LogP contribution in [0.3, 0.4) is 0 Å².